The van der Waals surface area contributed by atoms with Crippen molar-refractivity contribution >= 4 is 29.1 Å². The smallest absolute Gasteiger partial charge is 0.245 e. The summed E-state index contributed by atoms with van der Waals surface area (Å²) in [6.07, 6.45) is 0.939. The average molecular weight is 435 g/mol. The molecule has 30 heavy (non-hydrogen) atoms. The summed E-state index contributed by atoms with van der Waals surface area (Å²) in [5.41, 5.74) is -0.125. The summed E-state index contributed by atoms with van der Waals surface area (Å²) in [5, 5.41) is 5.27. The van der Waals surface area contributed by atoms with E-state index in [1.807, 2.05) is 27.3 Å². The van der Waals surface area contributed by atoms with E-state index in [9.17, 15) is 14.4 Å². The molecule has 1 aromatic rings. The molecule has 8 heteroatoms. The SMILES string of the molecule is CC(=O)N1CC(N(Cc2cccs2)C(=O)CC(C)(C)C)CC1C(=O)N1CCNCC1. The highest BCUT2D eigenvalue weighted by molar-refractivity contribution is 7.09. The van der Waals surface area contributed by atoms with Crippen LogP contribution in [-0.4, -0.2) is 77.2 Å². The molecule has 0 saturated carbocycles. The maximum atomic E-state index is 13.3. The van der Waals surface area contributed by atoms with Crippen LogP contribution in [0.25, 0.3) is 0 Å². The molecule has 1 aromatic heterocycles. The van der Waals surface area contributed by atoms with E-state index >= 15 is 0 Å². The summed E-state index contributed by atoms with van der Waals surface area (Å²) in [7, 11) is 0. The normalized spacial score (nSPS) is 22.3. The van der Waals surface area contributed by atoms with Crippen LogP contribution in [0.3, 0.4) is 0 Å². The Hall–Kier alpha value is -1.93. The molecule has 0 radical (unpaired) electrons. The fourth-order valence-corrected chi connectivity index (χ4v) is 4.97. The zero-order valence-corrected chi connectivity index (χ0v) is 19.3. The molecule has 2 aliphatic rings. The minimum absolute atomic E-state index is 0.00791. The number of thiophene rings is 1. The van der Waals surface area contributed by atoms with Crippen molar-refractivity contribution in [3.8, 4) is 0 Å². The van der Waals surface area contributed by atoms with Crippen LogP contribution in [0.15, 0.2) is 17.5 Å². The van der Waals surface area contributed by atoms with Gasteiger partial charge in [-0.1, -0.05) is 26.8 Å². The summed E-state index contributed by atoms with van der Waals surface area (Å²) in [5.74, 6) is -0.0152. The van der Waals surface area contributed by atoms with E-state index in [4.69, 9.17) is 0 Å². The molecule has 0 spiro atoms. The van der Waals surface area contributed by atoms with Gasteiger partial charge in [-0.15, -0.1) is 11.3 Å². The van der Waals surface area contributed by atoms with Gasteiger partial charge in [-0.2, -0.15) is 0 Å². The number of nitrogens with zero attached hydrogens (tertiary/aromatic N) is 3. The summed E-state index contributed by atoms with van der Waals surface area (Å²) in [6.45, 7) is 11.5. The third-order valence-corrected chi connectivity index (χ3v) is 6.61. The van der Waals surface area contributed by atoms with E-state index in [-0.39, 0.29) is 29.2 Å². The molecule has 7 nitrogen and oxygen atoms in total. The van der Waals surface area contributed by atoms with Crippen molar-refractivity contribution in [3.05, 3.63) is 22.4 Å². The predicted octanol–water partition coefficient (Wildman–Crippen LogP) is 1.93. The van der Waals surface area contributed by atoms with Gasteiger partial charge < -0.3 is 20.0 Å². The van der Waals surface area contributed by atoms with Crippen LogP contribution in [0.1, 0.15) is 45.4 Å². The molecular formula is C22H34N4O3S. The average Bonchev–Trinajstić information content (AvgIpc) is 3.34. The molecule has 3 amide bonds. The second-order valence-corrected chi connectivity index (χ2v) is 10.5. The van der Waals surface area contributed by atoms with Crippen LogP contribution >= 0.6 is 11.3 Å². The van der Waals surface area contributed by atoms with Crippen LogP contribution in [0.4, 0.5) is 0 Å². The number of piperazine rings is 1. The Morgan fingerprint density at radius 3 is 2.50 bits per heavy atom. The van der Waals surface area contributed by atoms with Gasteiger partial charge in [0.2, 0.25) is 17.7 Å². The Balaban J connectivity index is 1.80. The number of hydrogen-bond donors (Lipinski definition) is 1. The molecule has 0 bridgehead atoms. The molecule has 2 fully saturated rings. The van der Waals surface area contributed by atoms with Crippen molar-refractivity contribution in [2.24, 2.45) is 5.41 Å². The quantitative estimate of drug-likeness (QED) is 0.769. The summed E-state index contributed by atoms with van der Waals surface area (Å²) in [4.78, 5) is 45.4. The lowest BCUT2D eigenvalue weighted by molar-refractivity contribution is -0.143. The lowest BCUT2D eigenvalue weighted by atomic mass is 9.91. The van der Waals surface area contributed by atoms with Gasteiger partial charge >= 0.3 is 0 Å². The van der Waals surface area contributed by atoms with Crippen molar-refractivity contribution in [2.45, 2.75) is 59.2 Å². The molecule has 2 atom stereocenters. The number of carbonyl (C=O) groups is 3. The Morgan fingerprint density at radius 2 is 1.93 bits per heavy atom. The maximum Gasteiger partial charge on any atom is 0.245 e. The van der Waals surface area contributed by atoms with Crippen LogP contribution in [0, 0.1) is 5.41 Å². The monoisotopic (exact) mass is 434 g/mol. The molecule has 0 aromatic carbocycles. The first-order valence-electron chi connectivity index (χ1n) is 10.7. The molecule has 0 aliphatic carbocycles. The van der Waals surface area contributed by atoms with E-state index in [2.05, 4.69) is 26.1 Å². The Bertz CT molecular complexity index is 753. The predicted molar refractivity (Wildman–Crippen MR) is 118 cm³/mol. The Kier molecular flexibility index (Phi) is 7.18. The maximum absolute atomic E-state index is 13.3. The fourth-order valence-electron chi connectivity index (χ4n) is 4.26. The number of likely N-dealkylation sites (tertiary alicyclic amines) is 1. The molecule has 2 unspecified atom stereocenters. The Labute approximate surface area is 183 Å². The fraction of sp³-hybridized carbons (Fsp3) is 0.682. The van der Waals surface area contributed by atoms with Gasteiger partial charge in [0.1, 0.15) is 6.04 Å². The van der Waals surface area contributed by atoms with E-state index in [0.29, 0.717) is 39.0 Å². The number of hydrogen-bond acceptors (Lipinski definition) is 5. The highest BCUT2D eigenvalue weighted by Gasteiger charge is 2.43. The summed E-state index contributed by atoms with van der Waals surface area (Å²) >= 11 is 1.63. The third-order valence-electron chi connectivity index (χ3n) is 5.75. The number of rotatable bonds is 5. The van der Waals surface area contributed by atoms with Crippen LogP contribution in [0.5, 0.6) is 0 Å². The molecule has 2 saturated heterocycles. The molecular weight excluding hydrogens is 400 g/mol. The number of amides is 3. The zero-order chi connectivity index (χ0) is 21.9. The molecule has 2 aliphatic heterocycles. The zero-order valence-electron chi connectivity index (χ0n) is 18.5. The molecule has 166 valence electrons. The summed E-state index contributed by atoms with van der Waals surface area (Å²) < 4.78 is 0. The molecule has 1 N–H and O–H groups in total. The topological polar surface area (TPSA) is 73.0 Å². The second kappa shape index (κ2) is 9.47. The van der Waals surface area contributed by atoms with E-state index in [1.54, 1.807) is 16.2 Å². The van der Waals surface area contributed by atoms with Crippen molar-refractivity contribution < 1.29 is 14.4 Å². The van der Waals surface area contributed by atoms with Gasteiger partial charge in [0.25, 0.3) is 0 Å². The van der Waals surface area contributed by atoms with Gasteiger partial charge in [-0.25, -0.2) is 0 Å². The number of nitrogens with one attached hydrogen (secondary N) is 1. The highest BCUT2D eigenvalue weighted by atomic mass is 32.1. The Morgan fingerprint density at radius 1 is 1.23 bits per heavy atom. The van der Waals surface area contributed by atoms with Crippen molar-refractivity contribution in [2.75, 3.05) is 32.7 Å². The first-order chi connectivity index (χ1) is 14.2. The second-order valence-electron chi connectivity index (χ2n) is 9.49. The van der Waals surface area contributed by atoms with Gasteiger partial charge in [0.05, 0.1) is 12.6 Å². The van der Waals surface area contributed by atoms with Crippen LogP contribution in [-0.2, 0) is 20.9 Å². The van der Waals surface area contributed by atoms with Crippen molar-refractivity contribution in [1.82, 2.24) is 20.0 Å². The van der Waals surface area contributed by atoms with Gasteiger partial charge in [0.15, 0.2) is 0 Å². The minimum Gasteiger partial charge on any atom is -0.338 e. The van der Waals surface area contributed by atoms with E-state index in [0.717, 1.165) is 18.0 Å². The minimum atomic E-state index is -0.487. The molecule has 3 heterocycles. The van der Waals surface area contributed by atoms with Crippen LogP contribution in [0.2, 0.25) is 0 Å². The van der Waals surface area contributed by atoms with Crippen molar-refractivity contribution in [1.29, 1.82) is 0 Å². The van der Waals surface area contributed by atoms with Crippen LogP contribution < -0.4 is 5.32 Å². The third kappa shape index (κ3) is 5.60. The van der Waals surface area contributed by atoms with E-state index < -0.39 is 6.04 Å². The number of carbonyl (C=O) groups excluding carboxylic acids is 3. The van der Waals surface area contributed by atoms with Crippen molar-refractivity contribution in [3.63, 3.8) is 0 Å². The lowest BCUT2D eigenvalue weighted by Gasteiger charge is -2.32. The first kappa shape index (κ1) is 22.7. The largest absolute Gasteiger partial charge is 0.338 e. The van der Waals surface area contributed by atoms with E-state index in [1.165, 1.54) is 6.92 Å². The van der Waals surface area contributed by atoms with Gasteiger partial charge in [-0.05, 0) is 23.3 Å². The standard InChI is InChI=1S/C22H34N4O3S/c1-16(27)25-14-17(12-19(25)21(29)24-9-7-23-8-10-24)26(15-18-6-5-11-30-18)20(28)13-22(2,3)4/h5-6,11,17,19,23H,7-10,12-15H2,1-4H3. The summed E-state index contributed by atoms with van der Waals surface area (Å²) in [6, 6.07) is 3.38. The first-order valence-corrected chi connectivity index (χ1v) is 11.6. The van der Waals surface area contributed by atoms with Gasteiger partial charge in [-0.3, -0.25) is 14.4 Å². The highest BCUT2D eigenvalue weighted by Crippen LogP contribution is 2.29. The van der Waals surface area contributed by atoms with Gasteiger partial charge in [0, 0.05) is 50.9 Å². The molecule has 3 rings (SSSR count). The lowest BCUT2D eigenvalue weighted by Crippen LogP contribution is -2.53.